The molecule has 2 aromatic carbocycles. The molecular formula is C20H15F3N2O4S. The molecule has 1 aliphatic rings. The number of nitrogens with zero attached hydrogens (tertiary/aromatic N) is 2. The molecule has 3 aromatic rings. The number of hydrogen-bond donors (Lipinski definition) is 0. The molecule has 4 rings (SSSR count). The van der Waals surface area contributed by atoms with Crippen LogP contribution in [0.4, 0.5) is 18.9 Å². The van der Waals surface area contributed by atoms with Crippen molar-refractivity contribution in [3.05, 3.63) is 52.8 Å². The van der Waals surface area contributed by atoms with Gasteiger partial charge >= 0.3 is 5.97 Å². The van der Waals surface area contributed by atoms with Gasteiger partial charge in [-0.25, -0.2) is 18.2 Å². The summed E-state index contributed by atoms with van der Waals surface area (Å²) in [4.78, 5) is 30.3. The Morgan fingerprint density at radius 3 is 2.80 bits per heavy atom. The standard InChI is InChI=1S/C20H15F3N2O4S/c1-2-28-16(26)8-14-20(27)25(13-5-3-4-11(22)18(13)29-14)9-15-24-12-7-6-10(21)17(23)19(12)30-15/h3-7,14H,2,8-9H2,1H3. The number of anilines is 1. The van der Waals surface area contributed by atoms with Gasteiger partial charge in [-0.05, 0) is 31.2 Å². The molecule has 10 heteroatoms. The Balaban J connectivity index is 1.70. The number of halogens is 3. The molecule has 0 saturated heterocycles. The van der Waals surface area contributed by atoms with Crippen molar-refractivity contribution in [2.75, 3.05) is 11.5 Å². The summed E-state index contributed by atoms with van der Waals surface area (Å²) in [5.41, 5.74) is 0.406. The van der Waals surface area contributed by atoms with Crippen molar-refractivity contribution < 1.29 is 32.2 Å². The second kappa shape index (κ2) is 7.94. The fourth-order valence-corrected chi connectivity index (χ4v) is 4.14. The van der Waals surface area contributed by atoms with E-state index in [1.54, 1.807) is 6.92 Å². The SMILES string of the molecule is CCOC(=O)CC1Oc2c(F)cccc2N(Cc2nc3ccc(F)c(F)c3s2)C1=O. The Hall–Kier alpha value is -3.14. The van der Waals surface area contributed by atoms with Gasteiger partial charge in [0.2, 0.25) is 0 Å². The first-order valence-electron chi connectivity index (χ1n) is 9.04. The van der Waals surface area contributed by atoms with Gasteiger partial charge in [-0.15, -0.1) is 11.3 Å². The van der Waals surface area contributed by atoms with E-state index in [1.807, 2.05) is 0 Å². The number of aromatic nitrogens is 1. The first-order chi connectivity index (χ1) is 14.4. The zero-order valence-corrected chi connectivity index (χ0v) is 16.5. The molecule has 0 saturated carbocycles. The van der Waals surface area contributed by atoms with Crippen LogP contribution in [0.15, 0.2) is 30.3 Å². The van der Waals surface area contributed by atoms with Crippen LogP contribution in [-0.2, 0) is 20.9 Å². The van der Waals surface area contributed by atoms with E-state index in [9.17, 15) is 22.8 Å². The summed E-state index contributed by atoms with van der Waals surface area (Å²) in [6.07, 6.45) is -1.67. The summed E-state index contributed by atoms with van der Waals surface area (Å²) in [5, 5.41) is 0.315. The highest BCUT2D eigenvalue weighted by molar-refractivity contribution is 7.18. The van der Waals surface area contributed by atoms with E-state index >= 15 is 0 Å². The molecule has 0 N–H and O–H groups in total. The molecule has 0 aliphatic carbocycles. The summed E-state index contributed by atoms with van der Waals surface area (Å²) in [7, 11) is 0. The summed E-state index contributed by atoms with van der Waals surface area (Å²) in [6.45, 7) is 1.62. The predicted molar refractivity (Wildman–Crippen MR) is 103 cm³/mol. The lowest BCUT2D eigenvalue weighted by Gasteiger charge is -2.33. The van der Waals surface area contributed by atoms with Gasteiger partial charge in [-0.1, -0.05) is 6.07 Å². The second-order valence-electron chi connectivity index (χ2n) is 6.45. The fourth-order valence-electron chi connectivity index (χ4n) is 3.16. The summed E-state index contributed by atoms with van der Waals surface area (Å²) < 4.78 is 52.2. The van der Waals surface area contributed by atoms with Gasteiger partial charge in [-0.2, -0.15) is 0 Å². The highest BCUT2D eigenvalue weighted by Crippen LogP contribution is 2.38. The maximum Gasteiger partial charge on any atom is 0.310 e. The summed E-state index contributed by atoms with van der Waals surface area (Å²) >= 11 is 0.890. The van der Waals surface area contributed by atoms with Gasteiger partial charge in [0, 0.05) is 0 Å². The van der Waals surface area contributed by atoms with Crippen LogP contribution in [0.5, 0.6) is 5.75 Å². The van der Waals surface area contributed by atoms with Gasteiger partial charge < -0.3 is 9.47 Å². The summed E-state index contributed by atoms with van der Waals surface area (Å²) in [5.74, 6) is -4.14. The Morgan fingerprint density at radius 1 is 1.23 bits per heavy atom. The van der Waals surface area contributed by atoms with Crippen LogP contribution in [0.2, 0.25) is 0 Å². The topological polar surface area (TPSA) is 68.7 Å². The number of thiazole rings is 1. The Kier molecular flexibility index (Phi) is 5.33. The molecule has 1 amide bonds. The largest absolute Gasteiger partial charge is 0.475 e. The number of rotatable bonds is 5. The molecule has 0 bridgehead atoms. The third-order valence-electron chi connectivity index (χ3n) is 4.48. The zero-order valence-electron chi connectivity index (χ0n) is 15.7. The first-order valence-corrected chi connectivity index (χ1v) is 9.86. The smallest absolute Gasteiger partial charge is 0.310 e. The lowest BCUT2D eigenvalue weighted by atomic mass is 10.1. The monoisotopic (exact) mass is 436 g/mol. The Bertz CT molecular complexity index is 1150. The van der Waals surface area contributed by atoms with E-state index in [0.717, 1.165) is 17.4 Å². The van der Waals surface area contributed by atoms with Crippen molar-refractivity contribution in [3.8, 4) is 5.75 Å². The molecule has 6 nitrogen and oxygen atoms in total. The number of carbonyl (C=O) groups excluding carboxylic acids is 2. The van der Waals surface area contributed by atoms with Crippen LogP contribution in [0, 0.1) is 17.5 Å². The number of esters is 1. The number of amides is 1. The number of hydrogen-bond acceptors (Lipinski definition) is 6. The molecular weight excluding hydrogens is 421 g/mol. The molecule has 0 radical (unpaired) electrons. The van der Waals surface area contributed by atoms with Crippen molar-refractivity contribution in [1.29, 1.82) is 0 Å². The van der Waals surface area contributed by atoms with Crippen LogP contribution in [0.1, 0.15) is 18.4 Å². The van der Waals surface area contributed by atoms with E-state index in [-0.39, 0.29) is 34.8 Å². The molecule has 1 aromatic heterocycles. The fraction of sp³-hybridized carbons (Fsp3) is 0.250. The van der Waals surface area contributed by atoms with Gasteiger partial charge in [0.05, 0.1) is 35.5 Å². The molecule has 156 valence electrons. The highest BCUT2D eigenvalue weighted by atomic mass is 32.1. The van der Waals surface area contributed by atoms with Crippen LogP contribution >= 0.6 is 11.3 Å². The molecule has 1 aliphatic heterocycles. The van der Waals surface area contributed by atoms with Gasteiger partial charge in [0.1, 0.15) is 5.01 Å². The Labute approximate surface area is 172 Å². The summed E-state index contributed by atoms with van der Waals surface area (Å²) in [6, 6.07) is 6.39. The molecule has 30 heavy (non-hydrogen) atoms. The van der Waals surface area contributed by atoms with Gasteiger partial charge in [-0.3, -0.25) is 14.5 Å². The van der Waals surface area contributed by atoms with Crippen LogP contribution in [0.3, 0.4) is 0 Å². The first kappa shape index (κ1) is 20.1. The third-order valence-corrected chi connectivity index (χ3v) is 5.53. The molecule has 1 unspecified atom stereocenters. The van der Waals surface area contributed by atoms with E-state index in [4.69, 9.17) is 9.47 Å². The maximum absolute atomic E-state index is 14.4. The van der Waals surface area contributed by atoms with Crippen molar-refractivity contribution in [3.63, 3.8) is 0 Å². The second-order valence-corrected chi connectivity index (χ2v) is 7.53. The molecule has 1 atom stereocenters. The van der Waals surface area contributed by atoms with Crippen molar-refractivity contribution in [1.82, 2.24) is 4.98 Å². The Morgan fingerprint density at radius 2 is 2.03 bits per heavy atom. The van der Waals surface area contributed by atoms with Crippen LogP contribution in [0.25, 0.3) is 10.2 Å². The number of benzene rings is 2. The number of fused-ring (bicyclic) bond motifs is 2. The lowest BCUT2D eigenvalue weighted by Crippen LogP contribution is -2.46. The predicted octanol–water partition coefficient (Wildman–Crippen LogP) is 3.96. The van der Waals surface area contributed by atoms with Crippen LogP contribution < -0.4 is 9.64 Å². The van der Waals surface area contributed by atoms with E-state index in [0.29, 0.717) is 5.01 Å². The van der Waals surface area contributed by atoms with Crippen molar-refractivity contribution >= 4 is 39.1 Å². The molecule has 0 fully saturated rings. The third kappa shape index (κ3) is 3.58. The molecule has 0 spiro atoms. The minimum atomic E-state index is -1.28. The normalized spacial score (nSPS) is 15.8. The quantitative estimate of drug-likeness (QED) is 0.567. The highest BCUT2D eigenvalue weighted by Gasteiger charge is 2.38. The van der Waals surface area contributed by atoms with E-state index in [2.05, 4.69) is 4.98 Å². The van der Waals surface area contributed by atoms with Crippen LogP contribution in [-0.4, -0.2) is 29.6 Å². The number of carbonyl (C=O) groups is 2. The van der Waals surface area contributed by atoms with E-state index < -0.39 is 41.9 Å². The minimum absolute atomic E-state index is 0.0215. The van der Waals surface area contributed by atoms with Crippen molar-refractivity contribution in [2.45, 2.75) is 26.0 Å². The average Bonchev–Trinajstić information content (AvgIpc) is 3.12. The number of ether oxygens (including phenoxy) is 2. The number of para-hydroxylation sites is 1. The molecule has 2 heterocycles. The van der Waals surface area contributed by atoms with E-state index in [1.165, 1.54) is 29.2 Å². The lowest BCUT2D eigenvalue weighted by molar-refractivity contribution is -0.147. The average molecular weight is 436 g/mol. The zero-order chi connectivity index (χ0) is 21.4. The van der Waals surface area contributed by atoms with Gasteiger partial charge in [0.15, 0.2) is 29.3 Å². The van der Waals surface area contributed by atoms with Crippen molar-refractivity contribution in [2.24, 2.45) is 0 Å². The minimum Gasteiger partial charge on any atom is -0.475 e. The maximum atomic E-state index is 14.4. The van der Waals surface area contributed by atoms with Gasteiger partial charge in [0.25, 0.3) is 5.91 Å².